The van der Waals surface area contributed by atoms with Crippen molar-refractivity contribution in [2.24, 2.45) is 0 Å². The van der Waals surface area contributed by atoms with Gasteiger partial charge < -0.3 is 10.6 Å². The number of hydrogen-bond donors (Lipinski definition) is 2. The van der Waals surface area contributed by atoms with Crippen LogP contribution in [0.5, 0.6) is 0 Å². The van der Waals surface area contributed by atoms with Gasteiger partial charge in [0.1, 0.15) is 6.04 Å². The summed E-state index contributed by atoms with van der Waals surface area (Å²) < 4.78 is 0.813. The van der Waals surface area contributed by atoms with Crippen molar-refractivity contribution in [3.05, 3.63) is 16.9 Å². The van der Waals surface area contributed by atoms with Gasteiger partial charge in [-0.05, 0) is 35.7 Å². The Labute approximate surface area is 102 Å². The third-order valence-electron chi connectivity index (χ3n) is 2.28. The number of anilines is 1. The topological polar surface area (TPSA) is 66.9 Å². The number of halogens is 1. The number of carbonyl (C=O) groups is 1. The molecule has 1 aliphatic carbocycles. The number of nitrogens with one attached hydrogen (secondary N) is 2. The zero-order chi connectivity index (χ0) is 11.5. The summed E-state index contributed by atoms with van der Waals surface area (Å²) in [6, 6.07) is 0.0596. The molecule has 0 bridgehead atoms. The summed E-state index contributed by atoms with van der Waals surface area (Å²) in [4.78, 5) is 19.7. The molecule has 16 heavy (non-hydrogen) atoms. The summed E-state index contributed by atoms with van der Waals surface area (Å²) in [7, 11) is 0. The molecule has 1 aromatic heterocycles. The SMILES string of the molecule is CC(Nc1ncc(Br)cn1)C(=O)NC1CC1. The van der Waals surface area contributed by atoms with E-state index in [1.165, 1.54) is 0 Å². The fourth-order valence-corrected chi connectivity index (χ4v) is 1.40. The molecule has 1 fully saturated rings. The maximum Gasteiger partial charge on any atom is 0.242 e. The van der Waals surface area contributed by atoms with Crippen LogP contribution in [-0.2, 0) is 4.79 Å². The molecule has 1 aliphatic rings. The Hall–Kier alpha value is -1.17. The van der Waals surface area contributed by atoms with Crippen molar-refractivity contribution in [2.45, 2.75) is 31.8 Å². The van der Waals surface area contributed by atoms with Gasteiger partial charge in [0.2, 0.25) is 11.9 Å². The Bertz CT molecular complexity index is 377. The minimum atomic E-state index is -0.318. The normalized spacial score (nSPS) is 16.6. The van der Waals surface area contributed by atoms with Gasteiger partial charge in [0.05, 0.1) is 4.47 Å². The van der Waals surface area contributed by atoms with Crippen molar-refractivity contribution >= 4 is 27.8 Å². The first-order valence-corrected chi connectivity index (χ1v) is 5.99. The molecule has 1 amide bonds. The molecule has 1 heterocycles. The van der Waals surface area contributed by atoms with Crippen LogP contribution in [0.2, 0.25) is 0 Å². The first-order valence-electron chi connectivity index (χ1n) is 5.19. The lowest BCUT2D eigenvalue weighted by atomic mass is 10.3. The Balaban J connectivity index is 1.87. The highest BCUT2D eigenvalue weighted by Gasteiger charge is 2.25. The molecule has 0 aromatic carbocycles. The summed E-state index contributed by atoms with van der Waals surface area (Å²) in [5, 5.41) is 5.87. The molecule has 2 rings (SSSR count). The first-order chi connectivity index (χ1) is 7.65. The highest BCUT2D eigenvalue weighted by atomic mass is 79.9. The zero-order valence-electron chi connectivity index (χ0n) is 8.90. The van der Waals surface area contributed by atoms with E-state index in [2.05, 4.69) is 36.5 Å². The molecule has 6 heteroatoms. The number of rotatable bonds is 4. The molecule has 1 aromatic rings. The quantitative estimate of drug-likeness (QED) is 0.875. The van der Waals surface area contributed by atoms with E-state index < -0.39 is 0 Å². The predicted molar refractivity (Wildman–Crippen MR) is 64.0 cm³/mol. The summed E-state index contributed by atoms with van der Waals surface area (Å²) in [6.45, 7) is 1.79. The molecule has 0 spiro atoms. The van der Waals surface area contributed by atoms with Crippen LogP contribution in [0.25, 0.3) is 0 Å². The average Bonchev–Trinajstić information content (AvgIpc) is 3.05. The largest absolute Gasteiger partial charge is 0.352 e. The number of aromatic nitrogens is 2. The van der Waals surface area contributed by atoms with Crippen LogP contribution < -0.4 is 10.6 Å². The lowest BCUT2D eigenvalue weighted by Crippen LogP contribution is -2.39. The van der Waals surface area contributed by atoms with Crippen molar-refractivity contribution in [1.82, 2.24) is 15.3 Å². The standard InChI is InChI=1S/C10H13BrN4O/c1-6(9(16)15-8-2-3-8)14-10-12-4-7(11)5-13-10/h4-6,8H,2-3H2,1H3,(H,15,16)(H,12,13,14). The van der Waals surface area contributed by atoms with Crippen LogP contribution in [0.15, 0.2) is 16.9 Å². The van der Waals surface area contributed by atoms with E-state index >= 15 is 0 Å². The average molecular weight is 285 g/mol. The van der Waals surface area contributed by atoms with Gasteiger partial charge in [-0.15, -0.1) is 0 Å². The fourth-order valence-electron chi connectivity index (χ4n) is 1.20. The molecule has 1 atom stereocenters. The Morgan fingerprint density at radius 2 is 2.12 bits per heavy atom. The van der Waals surface area contributed by atoms with Crippen molar-refractivity contribution in [2.75, 3.05) is 5.32 Å². The van der Waals surface area contributed by atoms with E-state index in [0.717, 1.165) is 17.3 Å². The summed E-state index contributed by atoms with van der Waals surface area (Å²) in [5.74, 6) is 0.454. The number of nitrogens with zero attached hydrogens (tertiary/aromatic N) is 2. The molecule has 1 unspecified atom stereocenters. The number of amides is 1. The fraction of sp³-hybridized carbons (Fsp3) is 0.500. The second-order valence-corrected chi connectivity index (χ2v) is 4.79. The van der Waals surface area contributed by atoms with Crippen LogP contribution in [-0.4, -0.2) is 28.0 Å². The van der Waals surface area contributed by atoms with Crippen LogP contribution in [0, 0.1) is 0 Å². The van der Waals surface area contributed by atoms with Gasteiger partial charge in [-0.1, -0.05) is 0 Å². The molecule has 1 saturated carbocycles. The van der Waals surface area contributed by atoms with E-state index in [0.29, 0.717) is 12.0 Å². The first kappa shape index (κ1) is 11.3. The van der Waals surface area contributed by atoms with E-state index in [-0.39, 0.29) is 11.9 Å². The van der Waals surface area contributed by atoms with Crippen LogP contribution in [0.1, 0.15) is 19.8 Å². The van der Waals surface area contributed by atoms with E-state index in [4.69, 9.17) is 0 Å². The lowest BCUT2D eigenvalue weighted by Gasteiger charge is -2.13. The molecule has 86 valence electrons. The highest BCUT2D eigenvalue weighted by Crippen LogP contribution is 2.18. The minimum absolute atomic E-state index is 0.00554. The maximum absolute atomic E-state index is 11.6. The number of carbonyl (C=O) groups excluding carboxylic acids is 1. The summed E-state index contributed by atoms with van der Waals surface area (Å²) >= 11 is 3.25. The monoisotopic (exact) mass is 284 g/mol. The van der Waals surface area contributed by atoms with Crippen molar-refractivity contribution < 1.29 is 4.79 Å². The van der Waals surface area contributed by atoms with Crippen LogP contribution in [0.4, 0.5) is 5.95 Å². The van der Waals surface area contributed by atoms with Crippen molar-refractivity contribution in [3.63, 3.8) is 0 Å². The third kappa shape index (κ3) is 3.16. The van der Waals surface area contributed by atoms with E-state index in [9.17, 15) is 4.79 Å². The third-order valence-corrected chi connectivity index (χ3v) is 2.69. The highest BCUT2D eigenvalue weighted by molar-refractivity contribution is 9.10. The lowest BCUT2D eigenvalue weighted by molar-refractivity contribution is -0.121. The molecule has 0 aliphatic heterocycles. The summed E-state index contributed by atoms with van der Waals surface area (Å²) in [5.41, 5.74) is 0. The Morgan fingerprint density at radius 1 is 1.50 bits per heavy atom. The molecule has 5 nitrogen and oxygen atoms in total. The second-order valence-electron chi connectivity index (χ2n) is 3.87. The Kier molecular flexibility index (Phi) is 3.38. The van der Waals surface area contributed by atoms with Gasteiger partial charge >= 0.3 is 0 Å². The van der Waals surface area contributed by atoms with Gasteiger partial charge in [-0.25, -0.2) is 9.97 Å². The van der Waals surface area contributed by atoms with E-state index in [1.807, 2.05) is 0 Å². The van der Waals surface area contributed by atoms with Crippen molar-refractivity contribution in [1.29, 1.82) is 0 Å². The minimum Gasteiger partial charge on any atom is -0.352 e. The van der Waals surface area contributed by atoms with Crippen LogP contribution in [0.3, 0.4) is 0 Å². The van der Waals surface area contributed by atoms with E-state index in [1.54, 1.807) is 19.3 Å². The van der Waals surface area contributed by atoms with Gasteiger partial charge in [0, 0.05) is 18.4 Å². The zero-order valence-corrected chi connectivity index (χ0v) is 10.5. The second kappa shape index (κ2) is 4.78. The molecular weight excluding hydrogens is 272 g/mol. The smallest absolute Gasteiger partial charge is 0.242 e. The Morgan fingerprint density at radius 3 is 2.69 bits per heavy atom. The molecule has 0 saturated heterocycles. The van der Waals surface area contributed by atoms with Gasteiger partial charge in [0.15, 0.2) is 0 Å². The number of hydrogen-bond acceptors (Lipinski definition) is 4. The van der Waals surface area contributed by atoms with Gasteiger partial charge in [-0.3, -0.25) is 4.79 Å². The van der Waals surface area contributed by atoms with Gasteiger partial charge in [0.25, 0.3) is 0 Å². The van der Waals surface area contributed by atoms with Crippen molar-refractivity contribution in [3.8, 4) is 0 Å². The molecule has 0 radical (unpaired) electrons. The predicted octanol–water partition coefficient (Wildman–Crippen LogP) is 1.32. The maximum atomic E-state index is 11.6. The summed E-state index contributed by atoms with van der Waals surface area (Å²) in [6.07, 6.45) is 5.46. The van der Waals surface area contributed by atoms with Gasteiger partial charge in [-0.2, -0.15) is 0 Å². The molecular formula is C10H13BrN4O. The van der Waals surface area contributed by atoms with Crippen LogP contribution >= 0.6 is 15.9 Å². The molecule has 2 N–H and O–H groups in total.